The van der Waals surface area contributed by atoms with Crippen LogP contribution in [-0.2, 0) is 6.61 Å². The number of nitro benzene ring substituents is 1. The number of hydrogen-bond donors (Lipinski definition) is 1. The van der Waals surface area contributed by atoms with Crippen LogP contribution in [0.2, 0.25) is 10.0 Å². The summed E-state index contributed by atoms with van der Waals surface area (Å²) >= 11 is 11.9. The van der Waals surface area contributed by atoms with Crippen LogP contribution in [0.1, 0.15) is 5.56 Å². The van der Waals surface area contributed by atoms with Gasteiger partial charge < -0.3 is 9.84 Å². The summed E-state index contributed by atoms with van der Waals surface area (Å²) in [5.74, 6) is 0.322. The summed E-state index contributed by atoms with van der Waals surface area (Å²) in [6.07, 6.45) is 0. The lowest BCUT2D eigenvalue weighted by molar-refractivity contribution is -0.384. The zero-order valence-electron chi connectivity index (χ0n) is 10.0. The molecule has 0 amide bonds. The molecule has 0 saturated carbocycles. The summed E-state index contributed by atoms with van der Waals surface area (Å²) < 4.78 is 5.52. The zero-order chi connectivity index (χ0) is 14.7. The Hall–Kier alpha value is -1.82. The lowest BCUT2D eigenvalue weighted by Crippen LogP contribution is -1.94. The quantitative estimate of drug-likeness (QED) is 0.678. The lowest BCUT2D eigenvalue weighted by Gasteiger charge is -2.12. The van der Waals surface area contributed by atoms with E-state index in [1.807, 2.05) is 0 Å². The number of para-hydroxylation sites is 1. The van der Waals surface area contributed by atoms with Crippen molar-refractivity contribution < 1.29 is 14.8 Å². The molecule has 2 aromatic rings. The average molecular weight is 314 g/mol. The van der Waals surface area contributed by atoms with Crippen LogP contribution in [0, 0.1) is 10.1 Å². The Morgan fingerprint density at radius 3 is 2.60 bits per heavy atom. The minimum absolute atomic E-state index is 0.101. The number of rotatable bonds is 4. The van der Waals surface area contributed by atoms with Gasteiger partial charge in [-0.05, 0) is 12.1 Å². The summed E-state index contributed by atoms with van der Waals surface area (Å²) in [6.45, 7) is -0.275. The van der Waals surface area contributed by atoms with Crippen LogP contribution in [0.3, 0.4) is 0 Å². The average Bonchev–Trinajstić information content (AvgIpc) is 2.42. The molecule has 104 valence electrons. The van der Waals surface area contributed by atoms with Gasteiger partial charge in [0.2, 0.25) is 0 Å². The number of halogens is 2. The summed E-state index contributed by atoms with van der Waals surface area (Å²) in [6, 6.07) is 8.72. The van der Waals surface area contributed by atoms with Crippen LogP contribution in [0.5, 0.6) is 11.5 Å². The van der Waals surface area contributed by atoms with E-state index in [1.54, 1.807) is 18.2 Å². The van der Waals surface area contributed by atoms with E-state index in [-0.39, 0.29) is 33.8 Å². The van der Waals surface area contributed by atoms with Crippen molar-refractivity contribution >= 4 is 28.9 Å². The highest BCUT2D eigenvalue weighted by atomic mass is 35.5. The number of hydrogen-bond acceptors (Lipinski definition) is 4. The fourth-order valence-electron chi connectivity index (χ4n) is 1.59. The van der Waals surface area contributed by atoms with Gasteiger partial charge in [-0.3, -0.25) is 10.1 Å². The van der Waals surface area contributed by atoms with Crippen molar-refractivity contribution in [2.24, 2.45) is 0 Å². The molecule has 0 bridgehead atoms. The van der Waals surface area contributed by atoms with Crippen molar-refractivity contribution in [1.82, 2.24) is 0 Å². The molecule has 0 radical (unpaired) electrons. The number of nitrogens with zero attached hydrogens (tertiary/aromatic N) is 1. The highest BCUT2D eigenvalue weighted by molar-refractivity contribution is 6.33. The van der Waals surface area contributed by atoms with Crippen LogP contribution < -0.4 is 4.74 Å². The first-order chi connectivity index (χ1) is 9.52. The number of non-ortho nitro benzene ring substituents is 1. The van der Waals surface area contributed by atoms with E-state index in [4.69, 9.17) is 27.9 Å². The van der Waals surface area contributed by atoms with E-state index in [2.05, 4.69) is 0 Å². The van der Waals surface area contributed by atoms with Crippen LogP contribution >= 0.6 is 23.2 Å². The molecule has 2 rings (SSSR count). The van der Waals surface area contributed by atoms with Crippen LogP contribution in [0.15, 0.2) is 36.4 Å². The number of aliphatic hydroxyl groups is 1. The fraction of sp³-hybridized carbons (Fsp3) is 0.0769. The number of ether oxygens (including phenoxy) is 1. The number of nitro groups is 1. The summed E-state index contributed by atoms with van der Waals surface area (Å²) in [7, 11) is 0. The summed E-state index contributed by atoms with van der Waals surface area (Å²) in [5.41, 5.74) is 0.307. The van der Waals surface area contributed by atoms with Crippen LogP contribution in [-0.4, -0.2) is 10.0 Å². The molecule has 7 heteroatoms. The number of aliphatic hydroxyl groups excluding tert-OH is 1. The third kappa shape index (κ3) is 3.01. The van der Waals surface area contributed by atoms with Crippen molar-refractivity contribution in [3.05, 3.63) is 62.1 Å². The Morgan fingerprint density at radius 1 is 1.20 bits per heavy atom. The van der Waals surface area contributed by atoms with E-state index < -0.39 is 4.92 Å². The number of benzene rings is 2. The highest BCUT2D eigenvalue weighted by Gasteiger charge is 2.15. The minimum Gasteiger partial charge on any atom is -0.454 e. The zero-order valence-corrected chi connectivity index (χ0v) is 11.6. The van der Waals surface area contributed by atoms with Crippen molar-refractivity contribution in [2.45, 2.75) is 6.61 Å². The first-order valence-electron chi connectivity index (χ1n) is 5.53. The molecule has 0 unspecified atom stereocenters. The molecule has 2 aromatic carbocycles. The van der Waals surface area contributed by atoms with Gasteiger partial charge in [0.25, 0.3) is 5.69 Å². The second-order valence-electron chi connectivity index (χ2n) is 3.86. The maximum Gasteiger partial charge on any atom is 0.273 e. The first-order valence-corrected chi connectivity index (χ1v) is 6.28. The van der Waals surface area contributed by atoms with Crippen molar-refractivity contribution in [3.63, 3.8) is 0 Å². The Morgan fingerprint density at radius 2 is 1.95 bits per heavy atom. The van der Waals surface area contributed by atoms with Gasteiger partial charge in [-0.1, -0.05) is 35.3 Å². The molecule has 0 aliphatic carbocycles. The molecule has 0 spiro atoms. The molecule has 20 heavy (non-hydrogen) atoms. The van der Waals surface area contributed by atoms with Gasteiger partial charge in [-0.25, -0.2) is 0 Å². The van der Waals surface area contributed by atoms with Gasteiger partial charge in [0.15, 0.2) is 11.5 Å². The lowest BCUT2D eigenvalue weighted by atomic mass is 10.2. The molecule has 0 aliphatic rings. The van der Waals surface area contributed by atoms with Gasteiger partial charge in [0.05, 0.1) is 27.6 Å². The van der Waals surface area contributed by atoms with Gasteiger partial charge in [0.1, 0.15) is 0 Å². The Labute approximate surface area is 124 Å². The maximum atomic E-state index is 10.7. The van der Waals surface area contributed by atoms with E-state index in [0.29, 0.717) is 5.56 Å². The highest BCUT2D eigenvalue weighted by Crippen LogP contribution is 2.37. The molecule has 0 aliphatic heterocycles. The van der Waals surface area contributed by atoms with E-state index in [9.17, 15) is 15.2 Å². The largest absolute Gasteiger partial charge is 0.454 e. The van der Waals surface area contributed by atoms with Crippen molar-refractivity contribution in [2.75, 3.05) is 0 Å². The molecule has 0 heterocycles. The molecule has 5 nitrogen and oxygen atoms in total. The molecule has 0 atom stereocenters. The van der Waals surface area contributed by atoms with Crippen molar-refractivity contribution in [1.29, 1.82) is 0 Å². The fourth-order valence-corrected chi connectivity index (χ4v) is 1.97. The normalized spacial score (nSPS) is 10.3. The molecule has 0 saturated heterocycles. The van der Waals surface area contributed by atoms with Gasteiger partial charge >= 0.3 is 0 Å². The Kier molecular flexibility index (Phi) is 4.44. The monoisotopic (exact) mass is 313 g/mol. The van der Waals surface area contributed by atoms with Crippen LogP contribution in [0.4, 0.5) is 5.69 Å². The third-order valence-corrected chi connectivity index (χ3v) is 3.17. The standard InChI is InChI=1S/C13H9Cl2NO4/c14-10-5-4-9(16(18)19)6-12(10)20-13-8(7-17)2-1-3-11(13)15/h1-6,17H,7H2. The SMILES string of the molecule is O=[N+]([O-])c1ccc(Cl)c(Oc2c(Cl)cccc2CO)c1. The molecule has 0 aromatic heterocycles. The third-order valence-electron chi connectivity index (χ3n) is 2.56. The predicted octanol–water partition coefficient (Wildman–Crippen LogP) is 4.19. The topological polar surface area (TPSA) is 72.6 Å². The Balaban J connectivity index is 2.44. The van der Waals surface area contributed by atoms with Crippen molar-refractivity contribution in [3.8, 4) is 11.5 Å². The first kappa shape index (κ1) is 14.6. The maximum absolute atomic E-state index is 10.7. The van der Waals surface area contributed by atoms with Gasteiger partial charge in [-0.2, -0.15) is 0 Å². The smallest absolute Gasteiger partial charge is 0.273 e. The second kappa shape index (κ2) is 6.09. The Bertz CT molecular complexity index is 661. The second-order valence-corrected chi connectivity index (χ2v) is 4.67. The molecular weight excluding hydrogens is 305 g/mol. The minimum atomic E-state index is -0.553. The molecule has 0 fully saturated rings. The summed E-state index contributed by atoms with van der Waals surface area (Å²) in [5, 5.41) is 20.5. The molecular formula is C13H9Cl2NO4. The van der Waals surface area contributed by atoms with Gasteiger partial charge in [0, 0.05) is 11.6 Å². The molecule has 1 N–H and O–H groups in total. The van der Waals surface area contributed by atoms with Gasteiger partial charge in [-0.15, -0.1) is 0 Å². The van der Waals surface area contributed by atoms with E-state index in [1.165, 1.54) is 18.2 Å². The predicted molar refractivity (Wildman–Crippen MR) is 75.6 cm³/mol. The van der Waals surface area contributed by atoms with Crippen LogP contribution in [0.25, 0.3) is 0 Å². The summed E-state index contributed by atoms with van der Waals surface area (Å²) in [4.78, 5) is 10.2. The van der Waals surface area contributed by atoms with E-state index in [0.717, 1.165) is 0 Å². The van der Waals surface area contributed by atoms with E-state index >= 15 is 0 Å².